The molecule has 20 heavy (non-hydrogen) atoms. The molecule has 0 aliphatic heterocycles. The molecular weight excluding hydrogens is 380 g/mol. The number of benzene rings is 2. The van der Waals surface area contributed by atoms with Crippen molar-refractivity contribution in [1.29, 1.82) is 0 Å². The number of alkyl halides is 2. The smallest absolute Gasteiger partial charge is 0.115 e. The normalized spacial score (nSPS) is 11.6. The minimum absolute atomic E-state index is 0.0147. The van der Waals surface area contributed by atoms with Crippen LogP contribution in [-0.2, 0) is 11.8 Å². The molecule has 0 saturated heterocycles. The van der Waals surface area contributed by atoms with Crippen LogP contribution in [0.3, 0.4) is 0 Å². The molecular formula is C17H18Br2O. The van der Waals surface area contributed by atoms with Crippen molar-refractivity contribution < 1.29 is 5.11 Å². The molecule has 3 heteroatoms. The molecule has 0 bridgehead atoms. The Morgan fingerprint density at radius 1 is 1.00 bits per heavy atom. The third-order valence-electron chi connectivity index (χ3n) is 3.68. The third-order valence-corrected chi connectivity index (χ3v) is 5.83. The molecule has 0 heterocycles. The molecule has 0 saturated carbocycles. The van der Waals surface area contributed by atoms with E-state index in [0.29, 0.717) is 5.75 Å². The molecule has 2 aromatic rings. The van der Waals surface area contributed by atoms with Gasteiger partial charge in [-0.25, -0.2) is 0 Å². The van der Waals surface area contributed by atoms with Gasteiger partial charge in [-0.2, -0.15) is 0 Å². The summed E-state index contributed by atoms with van der Waals surface area (Å²) in [5.41, 5.74) is 3.77. The van der Waals surface area contributed by atoms with Gasteiger partial charge in [0.05, 0.1) is 0 Å². The lowest BCUT2D eigenvalue weighted by Crippen LogP contribution is -2.33. The Bertz CT molecular complexity index is 577. The van der Waals surface area contributed by atoms with Gasteiger partial charge in [-0.05, 0) is 42.2 Å². The summed E-state index contributed by atoms with van der Waals surface area (Å²) < 4.78 is 0. The Balaban J connectivity index is 2.42. The summed E-state index contributed by atoms with van der Waals surface area (Å²) >= 11 is 7.38. The number of halogens is 2. The van der Waals surface area contributed by atoms with Crippen LogP contribution in [-0.4, -0.2) is 15.8 Å². The predicted molar refractivity (Wildman–Crippen MR) is 92.3 cm³/mol. The van der Waals surface area contributed by atoms with Crippen molar-refractivity contribution in [2.75, 3.05) is 10.7 Å². The maximum Gasteiger partial charge on any atom is 0.115 e. The van der Waals surface area contributed by atoms with Gasteiger partial charge in [0.15, 0.2) is 0 Å². The predicted octanol–water partition coefficient (Wildman–Crippen LogP) is 4.97. The molecule has 0 aromatic heterocycles. The number of hydrogen-bond acceptors (Lipinski definition) is 1. The molecule has 0 atom stereocenters. The van der Waals surface area contributed by atoms with E-state index in [4.69, 9.17) is 0 Å². The van der Waals surface area contributed by atoms with E-state index < -0.39 is 0 Å². The topological polar surface area (TPSA) is 20.2 Å². The van der Waals surface area contributed by atoms with E-state index in [2.05, 4.69) is 69.1 Å². The first-order valence-corrected chi connectivity index (χ1v) is 8.81. The number of phenolic OH excluding ortho intramolecular Hbond substituents is 1. The molecule has 0 aliphatic rings. The fourth-order valence-corrected chi connectivity index (χ4v) is 4.52. The lowest BCUT2D eigenvalue weighted by molar-refractivity contribution is 0.472. The summed E-state index contributed by atoms with van der Waals surface area (Å²) in [4.78, 5) is 0. The van der Waals surface area contributed by atoms with Crippen molar-refractivity contribution in [2.45, 2.75) is 18.8 Å². The van der Waals surface area contributed by atoms with Crippen LogP contribution in [0.25, 0.3) is 0 Å². The second-order valence-electron chi connectivity index (χ2n) is 5.21. The third kappa shape index (κ3) is 3.26. The summed E-state index contributed by atoms with van der Waals surface area (Å²) in [6.45, 7) is 2.15. The molecule has 0 fully saturated rings. The monoisotopic (exact) mass is 396 g/mol. The van der Waals surface area contributed by atoms with E-state index in [-0.39, 0.29) is 5.41 Å². The standard InChI is InChI=1S/C17H18Br2O/c1-13-5-2-3-8-16(13)17(11-18,12-19)10-14-6-4-7-15(20)9-14/h2-9,20H,10-12H2,1H3. The van der Waals surface area contributed by atoms with Crippen molar-refractivity contribution in [3.63, 3.8) is 0 Å². The average molecular weight is 398 g/mol. The molecule has 0 spiro atoms. The zero-order valence-corrected chi connectivity index (χ0v) is 14.6. The van der Waals surface area contributed by atoms with Crippen LogP contribution >= 0.6 is 31.9 Å². The minimum Gasteiger partial charge on any atom is -0.508 e. The van der Waals surface area contributed by atoms with E-state index in [1.807, 2.05) is 12.1 Å². The minimum atomic E-state index is -0.0147. The lowest BCUT2D eigenvalue weighted by atomic mass is 9.77. The number of aromatic hydroxyl groups is 1. The Labute approximate surface area is 137 Å². The molecule has 0 radical (unpaired) electrons. The Morgan fingerprint density at radius 3 is 2.30 bits per heavy atom. The molecule has 1 N–H and O–H groups in total. The van der Waals surface area contributed by atoms with Crippen LogP contribution in [0.15, 0.2) is 48.5 Å². The maximum atomic E-state index is 9.66. The van der Waals surface area contributed by atoms with Crippen LogP contribution in [0.5, 0.6) is 5.75 Å². The number of rotatable bonds is 5. The van der Waals surface area contributed by atoms with Crippen LogP contribution in [0, 0.1) is 6.92 Å². The van der Waals surface area contributed by atoms with Crippen molar-refractivity contribution in [3.05, 3.63) is 65.2 Å². The first-order chi connectivity index (χ1) is 9.61. The number of aryl methyl sites for hydroxylation is 1. The van der Waals surface area contributed by atoms with Crippen molar-refractivity contribution in [3.8, 4) is 5.75 Å². The highest BCUT2D eigenvalue weighted by molar-refractivity contribution is 9.09. The van der Waals surface area contributed by atoms with Crippen molar-refractivity contribution in [1.82, 2.24) is 0 Å². The fraction of sp³-hybridized carbons (Fsp3) is 0.294. The van der Waals surface area contributed by atoms with E-state index in [1.165, 1.54) is 11.1 Å². The molecule has 1 nitrogen and oxygen atoms in total. The lowest BCUT2D eigenvalue weighted by Gasteiger charge is -2.32. The summed E-state index contributed by atoms with van der Waals surface area (Å²) in [6.07, 6.45) is 0.878. The van der Waals surface area contributed by atoms with Gasteiger partial charge in [-0.15, -0.1) is 0 Å². The van der Waals surface area contributed by atoms with Gasteiger partial charge in [0, 0.05) is 16.1 Å². The SMILES string of the molecule is Cc1ccccc1C(CBr)(CBr)Cc1cccc(O)c1. The molecule has 2 aromatic carbocycles. The zero-order chi connectivity index (χ0) is 14.6. The molecule has 2 rings (SSSR count). The number of phenols is 1. The second-order valence-corrected chi connectivity index (χ2v) is 6.33. The quantitative estimate of drug-likeness (QED) is 0.706. The van der Waals surface area contributed by atoms with Crippen LogP contribution in [0.4, 0.5) is 0 Å². The summed E-state index contributed by atoms with van der Waals surface area (Å²) in [5, 5.41) is 11.4. The molecule has 0 amide bonds. The zero-order valence-electron chi connectivity index (χ0n) is 11.4. The summed E-state index contributed by atoms with van der Waals surface area (Å²) in [5.74, 6) is 0.324. The van der Waals surface area contributed by atoms with E-state index in [9.17, 15) is 5.11 Å². The molecule has 0 aliphatic carbocycles. The number of hydrogen-bond donors (Lipinski definition) is 1. The van der Waals surface area contributed by atoms with Gasteiger partial charge < -0.3 is 5.11 Å². The fourth-order valence-electron chi connectivity index (χ4n) is 2.59. The first kappa shape index (κ1) is 15.6. The largest absolute Gasteiger partial charge is 0.508 e. The van der Waals surface area contributed by atoms with Gasteiger partial charge in [0.2, 0.25) is 0 Å². The highest BCUT2D eigenvalue weighted by Gasteiger charge is 2.31. The van der Waals surface area contributed by atoms with Crippen molar-refractivity contribution in [2.24, 2.45) is 0 Å². The Hall–Kier alpha value is -0.800. The van der Waals surface area contributed by atoms with Crippen LogP contribution in [0.2, 0.25) is 0 Å². The summed E-state index contributed by atoms with van der Waals surface area (Å²) in [6, 6.07) is 16.0. The average Bonchev–Trinajstić information content (AvgIpc) is 2.46. The highest BCUT2D eigenvalue weighted by atomic mass is 79.9. The van der Waals surface area contributed by atoms with Gasteiger partial charge in [0.25, 0.3) is 0 Å². The van der Waals surface area contributed by atoms with Crippen LogP contribution in [0.1, 0.15) is 16.7 Å². The Kier molecular flexibility index (Phi) is 5.28. The van der Waals surface area contributed by atoms with E-state index >= 15 is 0 Å². The maximum absolute atomic E-state index is 9.66. The second kappa shape index (κ2) is 6.77. The van der Waals surface area contributed by atoms with E-state index in [0.717, 1.165) is 22.6 Å². The highest BCUT2D eigenvalue weighted by Crippen LogP contribution is 2.35. The van der Waals surface area contributed by atoms with E-state index in [1.54, 1.807) is 6.07 Å². The van der Waals surface area contributed by atoms with Crippen LogP contribution < -0.4 is 0 Å². The van der Waals surface area contributed by atoms with Gasteiger partial charge >= 0.3 is 0 Å². The van der Waals surface area contributed by atoms with Crippen molar-refractivity contribution >= 4 is 31.9 Å². The molecule has 0 unspecified atom stereocenters. The molecule has 106 valence electrons. The summed E-state index contributed by atoms with van der Waals surface area (Å²) in [7, 11) is 0. The van der Waals surface area contributed by atoms with Gasteiger partial charge in [-0.1, -0.05) is 68.3 Å². The van der Waals surface area contributed by atoms with Gasteiger partial charge in [0.1, 0.15) is 5.75 Å². The first-order valence-electron chi connectivity index (χ1n) is 6.57. The Morgan fingerprint density at radius 2 is 1.70 bits per heavy atom. The van der Waals surface area contributed by atoms with Gasteiger partial charge in [-0.3, -0.25) is 0 Å².